The quantitative estimate of drug-likeness (QED) is 0.888. The number of aliphatic carboxylic acids is 1. The number of carbonyl (C=O) groups is 2. The molecular weight excluding hydrogens is 251 g/mol. The fraction of sp³-hybridized carbons (Fsp3) is 0.273. The summed E-state index contributed by atoms with van der Waals surface area (Å²) in [4.78, 5) is 22.4. The van der Waals surface area contributed by atoms with Gasteiger partial charge in [-0.15, -0.1) is 0 Å². The zero-order chi connectivity index (χ0) is 11.9. The predicted octanol–water partition coefficient (Wildman–Crippen LogP) is 2.75. The van der Waals surface area contributed by atoms with Crippen LogP contribution in [0.3, 0.4) is 0 Å². The van der Waals surface area contributed by atoms with E-state index in [1.807, 2.05) is 0 Å². The summed E-state index contributed by atoms with van der Waals surface area (Å²) in [7, 11) is 0. The number of rotatable bonds is 2. The van der Waals surface area contributed by atoms with Gasteiger partial charge in [0, 0.05) is 22.0 Å². The summed E-state index contributed by atoms with van der Waals surface area (Å²) in [5, 5.41) is 9.61. The molecule has 0 aromatic heterocycles. The number of hydrogen-bond donors (Lipinski definition) is 1. The van der Waals surface area contributed by atoms with Gasteiger partial charge in [-0.05, 0) is 12.1 Å². The fourth-order valence-electron chi connectivity index (χ4n) is 1.93. The van der Waals surface area contributed by atoms with Crippen LogP contribution in [0, 0.1) is 5.92 Å². The van der Waals surface area contributed by atoms with Gasteiger partial charge in [0.2, 0.25) is 0 Å². The maximum absolute atomic E-state index is 11.5. The van der Waals surface area contributed by atoms with Gasteiger partial charge in [-0.1, -0.05) is 29.3 Å². The van der Waals surface area contributed by atoms with E-state index in [2.05, 4.69) is 0 Å². The van der Waals surface area contributed by atoms with Gasteiger partial charge < -0.3 is 5.11 Å². The molecule has 0 heterocycles. The van der Waals surface area contributed by atoms with Crippen molar-refractivity contribution in [2.45, 2.75) is 12.3 Å². The van der Waals surface area contributed by atoms with E-state index in [0.29, 0.717) is 15.6 Å². The molecule has 0 aliphatic heterocycles. The van der Waals surface area contributed by atoms with Gasteiger partial charge in [0.15, 0.2) is 0 Å². The normalized spacial score (nSPS) is 24.0. The van der Waals surface area contributed by atoms with E-state index >= 15 is 0 Å². The highest BCUT2D eigenvalue weighted by atomic mass is 35.5. The molecule has 0 saturated heterocycles. The standard InChI is InChI=1S/C11H8Cl2O3/c12-6-2-1-3-7(13)10(6)9-5(11(15)16)4-8(9)14/h1-3,5,9H,4H2,(H,15,16). The Labute approximate surface area is 102 Å². The van der Waals surface area contributed by atoms with Crippen LogP contribution in [0.1, 0.15) is 17.9 Å². The number of carboxylic acids is 1. The van der Waals surface area contributed by atoms with Gasteiger partial charge >= 0.3 is 5.97 Å². The SMILES string of the molecule is O=C(O)C1CC(=O)C1c1c(Cl)cccc1Cl. The van der Waals surface area contributed by atoms with Crippen LogP contribution in [0.5, 0.6) is 0 Å². The molecule has 0 radical (unpaired) electrons. The highest BCUT2D eigenvalue weighted by molar-refractivity contribution is 6.36. The average Bonchev–Trinajstić information content (AvgIpc) is 2.19. The minimum atomic E-state index is -0.986. The molecular formula is C11H8Cl2O3. The van der Waals surface area contributed by atoms with Crippen LogP contribution in [0.25, 0.3) is 0 Å². The molecule has 0 amide bonds. The third-order valence-corrected chi connectivity index (χ3v) is 3.46. The molecule has 3 nitrogen and oxygen atoms in total. The molecule has 1 saturated carbocycles. The number of carboxylic acid groups (broad SMARTS) is 1. The number of carbonyl (C=O) groups excluding carboxylic acids is 1. The number of Topliss-reactive ketones (excluding diaryl/α,β-unsaturated/α-hetero) is 1. The van der Waals surface area contributed by atoms with Crippen LogP contribution < -0.4 is 0 Å². The molecule has 1 aliphatic rings. The lowest BCUT2D eigenvalue weighted by Crippen LogP contribution is -2.40. The summed E-state index contributed by atoms with van der Waals surface area (Å²) in [5.74, 6) is -2.51. The maximum Gasteiger partial charge on any atom is 0.308 e. The van der Waals surface area contributed by atoms with Crippen molar-refractivity contribution in [3.05, 3.63) is 33.8 Å². The molecule has 2 atom stereocenters. The van der Waals surface area contributed by atoms with Crippen molar-refractivity contribution < 1.29 is 14.7 Å². The monoisotopic (exact) mass is 258 g/mol. The number of hydrogen-bond acceptors (Lipinski definition) is 2. The Morgan fingerprint density at radius 1 is 1.31 bits per heavy atom. The lowest BCUT2D eigenvalue weighted by atomic mass is 9.69. The predicted molar refractivity (Wildman–Crippen MR) is 60.0 cm³/mol. The van der Waals surface area contributed by atoms with Crippen molar-refractivity contribution in [2.24, 2.45) is 5.92 Å². The van der Waals surface area contributed by atoms with Crippen molar-refractivity contribution in [3.8, 4) is 0 Å². The molecule has 2 rings (SSSR count). The van der Waals surface area contributed by atoms with Gasteiger partial charge in [-0.2, -0.15) is 0 Å². The zero-order valence-electron chi connectivity index (χ0n) is 8.11. The van der Waals surface area contributed by atoms with Gasteiger partial charge in [0.1, 0.15) is 5.78 Å². The second-order valence-electron chi connectivity index (χ2n) is 3.73. The van der Waals surface area contributed by atoms with Gasteiger partial charge in [-0.3, -0.25) is 9.59 Å². The second-order valence-corrected chi connectivity index (χ2v) is 4.54. The van der Waals surface area contributed by atoms with Gasteiger partial charge in [0.05, 0.1) is 11.8 Å². The molecule has 0 bridgehead atoms. The molecule has 2 unspecified atom stereocenters. The van der Waals surface area contributed by atoms with Crippen LogP contribution in [0.4, 0.5) is 0 Å². The second kappa shape index (κ2) is 4.07. The summed E-state index contributed by atoms with van der Waals surface area (Å²) < 4.78 is 0. The Kier molecular flexibility index (Phi) is 2.91. The van der Waals surface area contributed by atoms with Crippen molar-refractivity contribution in [3.63, 3.8) is 0 Å². The minimum absolute atomic E-state index is 0.0571. The van der Waals surface area contributed by atoms with E-state index in [4.69, 9.17) is 28.3 Å². The van der Waals surface area contributed by atoms with Crippen LogP contribution in [0.2, 0.25) is 10.0 Å². The van der Waals surface area contributed by atoms with E-state index in [-0.39, 0.29) is 12.2 Å². The average molecular weight is 259 g/mol. The maximum atomic E-state index is 11.5. The van der Waals surface area contributed by atoms with Crippen molar-refractivity contribution in [1.29, 1.82) is 0 Å². The van der Waals surface area contributed by atoms with Gasteiger partial charge in [-0.25, -0.2) is 0 Å². The Balaban J connectivity index is 2.44. The Morgan fingerprint density at radius 3 is 2.31 bits per heavy atom. The lowest BCUT2D eigenvalue weighted by Gasteiger charge is -2.33. The molecule has 0 spiro atoms. The lowest BCUT2D eigenvalue weighted by molar-refractivity contribution is -0.151. The summed E-state index contributed by atoms with van der Waals surface area (Å²) in [6.45, 7) is 0. The number of benzene rings is 1. The largest absolute Gasteiger partial charge is 0.481 e. The third kappa shape index (κ3) is 1.70. The highest BCUT2D eigenvalue weighted by Crippen LogP contribution is 2.44. The van der Waals surface area contributed by atoms with Crippen LogP contribution in [0.15, 0.2) is 18.2 Å². The summed E-state index contributed by atoms with van der Waals surface area (Å²) in [5.41, 5.74) is 0.439. The van der Waals surface area contributed by atoms with Crippen LogP contribution in [-0.2, 0) is 9.59 Å². The molecule has 1 aromatic rings. The molecule has 84 valence electrons. The third-order valence-electron chi connectivity index (χ3n) is 2.80. The summed E-state index contributed by atoms with van der Waals surface area (Å²) in [6.07, 6.45) is 0.0571. The van der Waals surface area contributed by atoms with Crippen LogP contribution >= 0.6 is 23.2 Å². The molecule has 1 aliphatic carbocycles. The first-order valence-electron chi connectivity index (χ1n) is 4.71. The molecule has 1 N–H and O–H groups in total. The van der Waals surface area contributed by atoms with Crippen molar-refractivity contribution in [1.82, 2.24) is 0 Å². The molecule has 5 heteroatoms. The Bertz CT molecular complexity index is 450. The minimum Gasteiger partial charge on any atom is -0.481 e. The Hall–Kier alpha value is -1.06. The highest BCUT2D eigenvalue weighted by Gasteiger charge is 2.46. The van der Waals surface area contributed by atoms with E-state index < -0.39 is 17.8 Å². The summed E-state index contributed by atoms with van der Waals surface area (Å²) >= 11 is 11.9. The number of ketones is 1. The number of halogens is 2. The van der Waals surface area contributed by atoms with E-state index in [0.717, 1.165) is 0 Å². The van der Waals surface area contributed by atoms with E-state index in [1.165, 1.54) is 0 Å². The molecule has 1 aromatic carbocycles. The zero-order valence-corrected chi connectivity index (χ0v) is 9.63. The van der Waals surface area contributed by atoms with E-state index in [9.17, 15) is 9.59 Å². The van der Waals surface area contributed by atoms with Crippen molar-refractivity contribution in [2.75, 3.05) is 0 Å². The molecule has 1 fully saturated rings. The first-order valence-corrected chi connectivity index (χ1v) is 5.47. The summed E-state index contributed by atoms with van der Waals surface area (Å²) in [6, 6.07) is 4.87. The Morgan fingerprint density at radius 2 is 1.88 bits per heavy atom. The fourth-order valence-corrected chi connectivity index (χ4v) is 2.56. The van der Waals surface area contributed by atoms with Crippen molar-refractivity contribution >= 4 is 35.0 Å². The first kappa shape index (κ1) is 11.4. The topological polar surface area (TPSA) is 54.4 Å². The first-order chi connectivity index (χ1) is 7.52. The van der Waals surface area contributed by atoms with E-state index in [1.54, 1.807) is 18.2 Å². The van der Waals surface area contributed by atoms with Gasteiger partial charge in [0.25, 0.3) is 0 Å². The molecule has 16 heavy (non-hydrogen) atoms. The van der Waals surface area contributed by atoms with Crippen LogP contribution in [-0.4, -0.2) is 16.9 Å². The smallest absolute Gasteiger partial charge is 0.308 e.